The standard InChI is InChI=1S/C9H20.C5H6S/c1-3-5-7-9-8-6-4-2;1-5-2-3-6-4-5/h3-9H2,1-2H3;2-4H,1H3. The lowest BCUT2D eigenvalue weighted by atomic mass is 10.1. The van der Waals surface area contributed by atoms with Crippen molar-refractivity contribution in [2.45, 2.75) is 65.7 Å². The van der Waals surface area contributed by atoms with Crippen LogP contribution in [0.1, 0.15) is 64.4 Å². The van der Waals surface area contributed by atoms with E-state index in [0.29, 0.717) is 0 Å². The highest BCUT2D eigenvalue weighted by Gasteiger charge is 1.85. The van der Waals surface area contributed by atoms with E-state index in [4.69, 9.17) is 0 Å². The molecule has 0 aliphatic rings. The van der Waals surface area contributed by atoms with Gasteiger partial charge in [-0.2, -0.15) is 11.3 Å². The largest absolute Gasteiger partial charge is 0.152 e. The molecule has 0 aromatic carbocycles. The third kappa shape index (κ3) is 11.6. The maximum absolute atomic E-state index is 2.26. The van der Waals surface area contributed by atoms with Crippen molar-refractivity contribution in [1.82, 2.24) is 0 Å². The summed E-state index contributed by atoms with van der Waals surface area (Å²) >= 11 is 1.74. The summed E-state index contributed by atoms with van der Waals surface area (Å²) < 4.78 is 0. The molecule has 15 heavy (non-hydrogen) atoms. The summed E-state index contributed by atoms with van der Waals surface area (Å²) in [5.74, 6) is 0. The van der Waals surface area contributed by atoms with Gasteiger partial charge in [-0.1, -0.05) is 58.8 Å². The van der Waals surface area contributed by atoms with Crippen molar-refractivity contribution in [3.8, 4) is 0 Å². The van der Waals surface area contributed by atoms with Crippen molar-refractivity contribution in [2.75, 3.05) is 0 Å². The van der Waals surface area contributed by atoms with Crippen LogP contribution in [-0.4, -0.2) is 0 Å². The molecule has 0 fully saturated rings. The van der Waals surface area contributed by atoms with E-state index < -0.39 is 0 Å². The second-order valence-corrected chi connectivity index (χ2v) is 4.85. The first kappa shape index (κ1) is 14.7. The number of unbranched alkanes of at least 4 members (excludes halogenated alkanes) is 6. The average Bonchev–Trinajstić information content (AvgIpc) is 2.70. The van der Waals surface area contributed by atoms with Gasteiger partial charge in [-0.05, 0) is 29.3 Å². The minimum absolute atomic E-state index is 1.36. The summed E-state index contributed by atoms with van der Waals surface area (Å²) in [7, 11) is 0. The van der Waals surface area contributed by atoms with Crippen molar-refractivity contribution in [2.24, 2.45) is 0 Å². The number of hydrogen-bond donors (Lipinski definition) is 0. The zero-order valence-corrected chi connectivity index (χ0v) is 11.4. The van der Waals surface area contributed by atoms with Gasteiger partial charge in [0.1, 0.15) is 0 Å². The highest BCUT2D eigenvalue weighted by Crippen LogP contribution is 2.05. The molecule has 88 valence electrons. The Morgan fingerprint density at radius 1 is 0.933 bits per heavy atom. The average molecular weight is 226 g/mol. The van der Waals surface area contributed by atoms with Crippen molar-refractivity contribution in [3.05, 3.63) is 22.4 Å². The third-order valence-corrected chi connectivity index (χ3v) is 3.17. The molecule has 0 bridgehead atoms. The molecule has 1 aromatic rings. The fourth-order valence-electron chi connectivity index (χ4n) is 1.36. The van der Waals surface area contributed by atoms with E-state index in [9.17, 15) is 0 Å². The first-order chi connectivity index (χ1) is 7.31. The Morgan fingerprint density at radius 3 is 1.73 bits per heavy atom. The molecule has 0 aliphatic heterocycles. The highest BCUT2D eigenvalue weighted by molar-refractivity contribution is 7.07. The van der Waals surface area contributed by atoms with Gasteiger partial charge in [0.05, 0.1) is 0 Å². The van der Waals surface area contributed by atoms with Crippen LogP contribution in [-0.2, 0) is 0 Å². The van der Waals surface area contributed by atoms with E-state index in [0.717, 1.165) is 0 Å². The molecule has 0 radical (unpaired) electrons. The van der Waals surface area contributed by atoms with Gasteiger partial charge in [-0.3, -0.25) is 0 Å². The van der Waals surface area contributed by atoms with Crippen molar-refractivity contribution in [1.29, 1.82) is 0 Å². The van der Waals surface area contributed by atoms with Gasteiger partial charge in [0, 0.05) is 0 Å². The van der Waals surface area contributed by atoms with Gasteiger partial charge in [-0.25, -0.2) is 0 Å². The Bertz CT molecular complexity index is 183. The fraction of sp³-hybridized carbons (Fsp3) is 0.714. The lowest BCUT2D eigenvalue weighted by Crippen LogP contribution is -1.76. The van der Waals surface area contributed by atoms with Gasteiger partial charge in [-0.15, -0.1) is 0 Å². The molecule has 0 saturated carbocycles. The van der Waals surface area contributed by atoms with Crippen molar-refractivity contribution < 1.29 is 0 Å². The van der Waals surface area contributed by atoms with Crippen LogP contribution in [0.2, 0.25) is 0 Å². The predicted octanol–water partition coefficient (Wildman–Crippen LogP) is 5.81. The lowest BCUT2D eigenvalue weighted by Gasteiger charge is -1.96. The molecule has 0 atom stereocenters. The van der Waals surface area contributed by atoms with Crippen molar-refractivity contribution >= 4 is 11.3 Å². The maximum atomic E-state index is 2.26. The zero-order chi connectivity index (χ0) is 11.4. The fourth-order valence-corrected chi connectivity index (χ4v) is 2.03. The van der Waals surface area contributed by atoms with Crippen LogP contribution in [0.25, 0.3) is 0 Å². The van der Waals surface area contributed by atoms with Gasteiger partial charge >= 0.3 is 0 Å². The molecule has 0 spiro atoms. The first-order valence-corrected chi connectivity index (χ1v) is 7.24. The van der Waals surface area contributed by atoms with Crippen LogP contribution in [0.5, 0.6) is 0 Å². The quantitative estimate of drug-likeness (QED) is 0.537. The molecule has 1 aromatic heterocycles. The van der Waals surface area contributed by atoms with Crippen LogP contribution >= 0.6 is 11.3 Å². The van der Waals surface area contributed by atoms with E-state index in [2.05, 4.69) is 37.6 Å². The van der Waals surface area contributed by atoms with E-state index in [-0.39, 0.29) is 0 Å². The van der Waals surface area contributed by atoms with Crippen LogP contribution in [0.15, 0.2) is 16.8 Å². The zero-order valence-electron chi connectivity index (χ0n) is 10.6. The van der Waals surface area contributed by atoms with Gasteiger partial charge in [0.2, 0.25) is 0 Å². The molecule has 0 amide bonds. The summed E-state index contributed by atoms with van der Waals surface area (Å²) in [6.45, 7) is 6.62. The molecule has 0 aliphatic carbocycles. The van der Waals surface area contributed by atoms with Crippen LogP contribution in [0, 0.1) is 6.92 Å². The molecular formula is C14H26S. The Morgan fingerprint density at radius 2 is 1.47 bits per heavy atom. The topological polar surface area (TPSA) is 0 Å². The first-order valence-electron chi connectivity index (χ1n) is 6.30. The van der Waals surface area contributed by atoms with Crippen LogP contribution in [0.4, 0.5) is 0 Å². The van der Waals surface area contributed by atoms with E-state index in [1.165, 1.54) is 50.5 Å². The monoisotopic (exact) mass is 226 g/mol. The molecule has 1 rings (SSSR count). The van der Waals surface area contributed by atoms with Gasteiger partial charge in [0.15, 0.2) is 0 Å². The Labute approximate surface area is 99.7 Å². The second kappa shape index (κ2) is 11.8. The Balaban J connectivity index is 0.000000280. The summed E-state index contributed by atoms with van der Waals surface area (Å²) in [5, 5.41) is 4.20. The van der Waals surface area contributed by atoms with Crippen molar-refractivity contribution in [3.63, 3.8) is 0 Å². The predicted molar refractivity (Wildman–Crippen MR) is 72.7 cm³/mol. The molecule has 0 saturated heterocycles. The Hall–Kier alpha value is -0.300. The SMILES string of the molecule is CCCCCCCCC.Cc1ccsc1. The molecule has 0 unspecified atom stereocenters. The lowest BCUT2D eigenvalue weighted by molar-refractivity contribution is 0.602. The van der Waals surface area contributed by atoms with E-state index in [1.807, 2.05) is 0 Å². The summed E-state index contributed by atoms with van der Waals surface area (Å²) in [6.07, 6.45) is 9.97. The minimum Gasteiger partial charge on any atom is -0.152 e. The molecule has 0 nitrogen and oxygen atoms in total. The number of hydrogen-bond acceptors (Lipinski definition) is 1. The third-order valence-electron chi connectivity index (χ3n) is 2.37. The Kier molecular flexibility index (Phi) is 11.5. The summed E-state index contributed by atoms with van der Waals surface area (Å²) in [4.78, 5) is 0. The minimum atomic E-state index is 1.36. The second-order valence-electron chi connectivity index (χ2n) is 4.07. The smallest absolute Gasteiger partial charge is 0.00641 e. The summed E-state index contributed by atoms with van der Waals surface area (Å²) in [5.41, 5.74) is 1.36. The molecule has 0 N–H and O–H groups in total. The summed E-state index contributed by atoms with van der Waals surface area (Å²) in [6, 6.07) is 2.10. The number of thiophene rings is 1. The molecule has 1 heteroatoms. The van der Waals surface area contributed by atoms with Crippen LogP contribution in [0.3, 0.4) is 0 Å². The number of rotatable bonds is 6. The van der Waals surface area contributed by atoms with E-state index in [1.54, 1.807) is 11.3 Å². The highest BCUT2D eigenvalue weighted by atomic mass is 32.1. The van der Waals surface area contributed by atoms with Gasteiger partial charge in [0.25, 0.3) is 0 Å². The number of aryl methyl sites for hydroxylation is 1. The molecular weight excluding hydrogens is 200 g/mol. The maximum Gasteiger partial charge on any atom is -0.00641 e. The van der Waals surface area contributed by atoms with Crippen LogP contribution < -0.4 is 0 Å². The van der Waals surface area contributed by atoms with E-state index >= 15 is 0 Å². The molecule has 1 heterocycles. The normalized spacial score (nSPS) is 9.53. The van der Waals surface area contributed by atoms with Gasteiger partial charge < -0.3 is 0 Å².